The maximum atomic E-state index is 13.4. The predicted molar refractivity (Wildman–Crippen MR) is 135 cm³/mol. The van der Waals surface area contributed by atoms with Crippen LogP contribution in [0.1, 0.15) is 43.2 Å². The van der Waals surface area contributed by atoms with Crippen LogP contribution in [0.2, 0.25) is 0 Å². The number of benzene rings is 3. The number of carbonyl (C=O) groups is 1. The molecular formula is C29H26N2O3. The van der Waals surface area contributed by atoms with Gasteiger partial charge in [-0.25, -0.2) is 4.79 Å². The molecule has 5 heteroatoms. The van der Waals surface area contributed by atoms with Gasteiger partial charge in [0, 0.05) is 22.7 Å². The largest absolute Gasteiger partial charge is 0.454 e. The highest BCUT2D eigenvalue weighted by Crippen LogP contribution is 2.37. The van der Waals surface area contributed by atoms with Gasteiger partial charge in [0.05, 0.1) is 5.52 Å². The van der Waals surface area contributed by atoms with Gasteiger partial charge < -0.3 is 14.8 Å². The molecule has 3 aromatic carbocycles. The van der Waals surface area contributed by atoms with Crippen LogP contribution in [0.15, 0.2) is 66.7 Å². The first kappa shape index (κ1) is 21.7. The fraction of sp³-hybridized carbons (Fsp3) is 0.207. The molecule has 5 rings (SSSR count). The fourth-order valence-electron chi connectivity index (χ4n) is 3.91. The summed E-state index contributed by atoms with van der Waals surface area (Å²) in [5.74, 6) is 7.69. The van der Waals surface area contributed by atoms with Gasteiger partial charge in [0.2, 0.25) is 6.79 Å². The predicted octanol–water partition coefficient (Wildman–Crippen LogP) is 6.46. The number of hydrogen-bond donors (Lipinski definition) is 1. The van der Waals surface area contributed by atoms with Gasteiger partial charge in [-0.3, -0.25) is 4.57 Å². The van der Waals surface area contributed by atoms with Crippen LogP contribution in [0.5, 0.6) is 11.5 Å². The molecule has 34 heavy (non-hydrogen) atoms. The second-order valence-electron chi connectivity index (χ2n) is 9.50. The third-order valence-electron chi connectivity index (χ3n) is 5.89. The summed E-state index contributed by atoms with van der Waals surface area (Å²) >= 11 is 0. The van der Waals surface area contributed by atoms with Crippen molar-refractivity contribution in [3.8, 4) is 23.3 Å². The first-order valence-corrected chi connectivity index (χ1v) is 11.2. The highest BCUT2D eigenvalue weighted by Gasteiger charge is 2.21. The Balaban J connectivity index is 1.55. The quantitative estimate of drug-likeness (QED) is 0.339. The van der Waals surface area contributed by atoms with Crippen molar-refractivity contribution in [2.75, 3.05) is 12.1 Å². The Morgan fingerprint density at radius 1 is 0.912 bits per heavy atom. The molecule has 0 spiro atoms. The lowest BCUT2D eigenvalue weighted by molar-refractivity contribution is 0.174. The molecule has 0 aliphatic carbocycles. The zero-order valence-electron chi connectivity index (χ0n) is 19.7. The number of aryl methyl sites for hydroxylation is 1. The van der Waals surface area contributed by atoms with Crippen LogP contribution in [-0.4, -0.2) is 17.4 Å². The molecule has 1 aliphatic rings. The summed E-state index contributed by atoms with van der Waals surface area (Å²) in [6.45, 7) is 8.74. The Labute approximate surface area is 199 Å². The van der Waals surface area contributed by atoms with Crippen molar-refractivity contribution in [1.82, 2.24) is 4.57 Å². The second-order valence-corrected chi connectivity index (χ2v) is 9.50. The van der Waals surface area contributed by atoms with Crippen molar-refractivity contribution < 1.29 is 14.3 Å². The molecule has 0 bridgehead atoms. The topological polar surface area (TPSA) is 52.5 Å². The lowest BCUT2D eigenvalue weighted by atomic mass is 9.87. The average molecular weight is 451 g/mol. The second kappa shape index (κ2) is 8.31. The summed E-state index contributed by atoms with van der Waals surface area (Å²) in [5.41, 5.74) is 5.36. The van der Waals surface area contributed by atoms with Crippen LogP contribution in [0.4, 0.5) is 10.5 Å². The number of fused-ring (bicyclic) bond motifs is 2. The molecule has 5 nitrogen and oxygen atoms in total. The highest BCUT2D eigenvalue weighted by atomic mass is 16.7. The molecule has 0 radical (unpaired) electrons. The van der Waals surface area contributed by atoms with E-state index in [9.17, 15) is 4.79 Å². The summed E-state index contributed by atoms with van der Waals surface area (Å²) < 4.78 is 12.7. The zero-order valence-corrected chi connectivity index (χ0v) is 19.7. The number of hydrogen-bond acceptors (Lipinski definition) is 3. The van der Waals surface area contributed by atoms with E-state index in [0.29, 0.717) is 22.7 Å². The minimum atomic E-state index is -0.287. The van der Waals surface area contributed by atoms with Gasteiger partial charge >= 0.3 is 6.03 Å². The van der Waals surface area contributed by atoms with E-state index in [0.717, 1.165) is 22.2 Å². The molecule has 0 atom stereocenters. The smallest absolute Gasteiger partial charge is 0.331 e. The fourth-order valence-corrected chi connectivity index (χ4v) is 3.91. The van der Waals surface area contributed by atoms with E-state index >= 15 is 0 Å². The Kier molecular flexibility index (Phi) is 5.30. The number of amides is 1. The van der Waals surface area contributed by atoms with Gasteiger partial charge in [0.15, 0.2) is 11.5 Å². The van der Waals surface area contributed by atoms with E-state index in [1.165, 1.54) is 5.56 Å². The molecule has 0 unspecified atom stereocenters. The molecule has 170 valence electrons. The molecule has 0 saturated heterocycles. The molecule has 1 amide bonds. The summed E-state index contributed by atoms with van der Waals surface area (Å²) in [6.07, 6.45) is 0. The van der Waals surface area contributed by atoms with E-state index in [2.05, 4.69) is 50.1 Å². The van der Waals surface area contributed by atoms with E-state index in [-0.39, 0.29) is 18.2 Å². The Bertz CT molecular complexity index is 1440. The molecule has 0 fully saturated rings. The van der Waals surface area contributed by atoms with Crippen LogP contribution in [0.25, 0.3) is 10.9 Å². The molecule has 1 aromatic heterocycles. The Hall–Kier alpha value is -4.17. The summed E-state index contributed by atoms with van der Waals surface area (Å²) in [7, 11) is 0. The zero-order chi connectivity index (χ0) is 23.9. The molecule has 1 aliphatic heterocycles. The van der Waals surface area contributed by atoms with Gasteiger partial charge in [-0.05, 0) is 60.2 Å². The monoisotopic (exact) mass is 450 g/mol. The van der Waals surface area contributed by atoms with E-state index in [1.807, 2.05) is 61.5 Å². The van der Waals surface area contributed by atoms with Crippen LogP contribution < -0.4 is 14.8 Å². The normalized spacial score (nSPS) is 12.4. The van der Waals surface area contributed by atoms with Crippen LogP contribution in [0.3, 0.4) is 0 Å². The molecular weight excluding hydrogens is 424 g/mol. The van der Waals surface area contributed by atoms with E-state index in [4.69, 9.17) is 9.47 Å². The van der Waals surface area contributed by atoms with Crippen molar-refractivity contribution in [3.05, 3.63) is 89.1 Å². The standard InChI is InChI=1S/C29H26N2O3/c1-19-5-12-23(13-6-19)30-28(32)31-24(14-9-20-7-10-22(11-8-20)29(2,3)4)15-21-16-26-27(17-25(21)31)34-18-33-26/h5-8,10-13,15-17H,18H2,1-4H3,(H,30,32). The van der Waals surface area contributed by atoms with Crippen molar-refractivity contribution >= 4 is 22.6 Å². The number of aromatic nitrogens is 1. The van der Waals surface area contributed by atoms with Crippen LogP contribution in [-0.2, 0) is 5.41 Å². The first-order chi connectivity index (χ1) is 16.3. The van der Waals surface area contributed by atoms with Gasteiger partial charge in [-0.2, -0.15) is 0 Å². The lowest BCUT2D eigenvalue weighted by Crippen LogP contribution is -2.20. The number of rotatable bonds is 1. The molecule has 4 aromatic rings. The third-order valence-corrected chi connectivity index (χ3v) is 5.89. The van der Waals surface area contributed by atoms with Gasteiger partial charge in [0.25, 0.3) is 0 Å². The minimum Gasteiger partial charge on any atom is -0.454 e. The van der Waals surface area contributed by atoms with Crippen LogP contribution >= 0.6 is 0 Å². The SMILES string of the molecule is Cc1ccc(NC(=O)n2c(C#Cc3ccc(C(C)(C)C)cc3)cc3cc4c(cc32)OCO4)cc1. The molecule has 0 saturated carbocycles. The average Bonchev–Trinajstić information content (AvgIpc) is 3.40. The van der Waals surface area contributed by atoms with Gasteiger partial charge in [-0.15, -0.1) is 0 Å². The summed E-state index contributed by atoms with van der Waals surface area (Å²) in [5, 5.41) is 3.84. The number of anilines is 1. The van der Waals surface area contributed by atoms with Crippen molar-refractivity contribution in [2.24, 2.45) is 0 Å². The Morgan fingerprint density at radius 3 is 2.26 bits per heavy atom. The van der Waals surface area contributed by atoms with Crippen molar-refractivity contribution in [3.63, 3.8) is 0 Å². The van der Waals surface area contributed by atoms with Crippen LogP contribution in [0, 0.1) is 18.8 Å². The van der Waals surface area contributed by atoms with Crippen molar-refractivity contribution in [1.29, 1.82) is 0 Å². The van der Waals surface area contributed by atoms with Gasteiger partial charge in [0.1, 0.15) is 5.69 Å². The Morgan fingerprint density at radius 2 is 1.59 bits per heavy atom. The maximum absolute atomic E-state index is 13.4. The minimum absolute atomic E-state index is 0.0803. The summed E-state index contributed by atoms with van der Waals surface area (Å²) in [6, 6.07) is 21.3. The number of carbonyl (C=O) groups excluding carboxylic acids is 1. The highest BCUT2D eigenvalue weighted by molar-refractivity contribution is 6.01. The van der Waals surface area contributed by atoms with E-state index < -0.39 is 0 Å². The molecule has 2 heterocycles. The van der Waals surface area contributed by atoms with E-state index in [1.54, 1.807) is 4.57 Å². The number of nitrogens with zero attached hydrogens (tertiary/aromatic N) is 1. The summed E-state index contributed by atoms with van der Waals surface area (Å²) in [4.78, 5) is 13.4. The molecule has 1 N–H and O–H groups in total. The van der Waals surface area contributed by atoms with Gasteiger partial charge in [-0.1, -0.05) is 56.5 Å². The third kappa shape index (κ3) is 4.23. The number of ether oxygens (including phenoxy) is 2. The first-order valence-electron chi connectivity index (χ1n) is 11.2. The number of nitrogens with one attached hydrogen (secondary N) is 1. The van der Waals surface area contributed by atoms with Crippen molar-refractivity contribution in [2.45, 2.75) is 33.1 Å². The maximum Gasteiger partial charge on any atom is 0.331 e. The lowest BCUT2D eigenvalue weighted by Gasteiger charge is -2.18.